The second-order valence-electron chi connectivity index (χ2n) is 4.30. The highest BCUT2D eigenvalue weighted by Crippen LogP contribution is 2.37. The largest absolute Gasteiger partial charge is 0.301 e. The van der Waals surface area contributed by atoms with Crippen LogP contribution in [-0.4, -0.2) is 22.0 Å². The van der Waals surface area contributed by atoms with Gasteiger partial charge in [-0.3, -0.25) is 4.79 Å². The molecule has 7 heteroatoms. The number of amides is 1. The summed E-state index contributed by atoms with van der Waals surface area (Å²) in [7, 11) is 0. The van der Waals surface area contributed by atoms with Crippen molar-refractivity contribution in [1.29, 1.82) is 0 Å². The van der Waals surface area contributed by atoms with Gasteiger partial charge in [0.05, 0.1) is 0 Å². The maximum atomic E-state index is 12.9. The van der Waals surface area contributed by atoms with Crippen LogP contribution in [0, 0.1) is 5.92 Å². The summed E-state index contributed by atoms with van der Waals surface area (Å²) in [5.41, 5.74) is 1.52. The summed E-state index contributed by atoms with van der Waals surface area (Å²) in [5, 5.41) is 10.3. The lowest BCUT2D eigenvalue weighted by Crippen LogP contribution is -2.27. The van der Waals surface area contributed by atoms with Crippen LogP contribution in [0.4, 0.5) is 13.9 Å². The number of rotatable bonds is 3. The lowest BCUT2D eigenvalue weighted by atomic mass is 9.84. The number of alkyl halides is 2. The number of anilines is 1. The van der Waals surface area contributed by atoms with E-state index in [4.69, 9.17) is 0 Å². The Morgan fingerprint density at radius 2 is 2.24 bits per heavy atom. The molecule has 17 heavy (non-hydrogen) atoms. The van der Waals surface area contributed by atoms with Gasteiger partial charge in [-0.2, -0.15) is 0 Å². The summed E-state index contributed by atoms with van der Waals surface area (Å²) in [6.45, 7) is 0. The van der Waals surface area contributed by atoms with Gasteiger partial charge in [-0.05, 0) is 18.8 Å². The van der Waals surface area contributed by atoms with E-state index in [1.165, 1.54) is 16.8 Å². The fourth-order valence-electron chi connectivity index (χ4n) is 1.96. The number of carbonyl (C=O) groups is 1. The first-order chi connectivity index (χ1) is 8.05. The maximum absolute atomic E-state index is 12.9. The first-order valence-electron chi connectivity index (χ1n) is 5.49. The molecule has 1 saturated carbocycles. The van der Waals surface area contributed by atoms with Gasteiger partial charge in [0.1, 0.15) is 5.51 Å². The average Bonchev–Trinajstić information content (AvgIpc) is 2.74. The SMILES string of the molecule is O=C(CC1CCC(F)(F)CC1)Nc1nncs1. The molecule has 0 aromatic carbocycles. The van der Waals surface area contributed by atoms with E-state index in [-0.39, 0.29) is 31.1 Å². The summed E-state index contributed by atoms with van der Waals surface area (Å²) >= 11 is 1.24. The molecular weight excluding hydrogens is 248 g/mol. The lowest BCUT2D eigenvalue weighted by Gasteiger charge is -2.27. The monoisotopic (exact) mass is 261 g/mol. The number of nitrogens with zero attached hydrogens (tertiary/aromatic N) is 2. The van der Waals surface area contributed by atoms with Crippen LogP contribution in [0.5, 0.6) is 0 Å². The van der Waals surface area contributed by atoms with Gasteiger partial charge in [0.25, 0.3) is 0 Å². The molecule has 1 aromatic rings. The molecule has 2 rings (SSSR count). The molecule has 0 atom stereocenters. The molecule has 1 aliphatic rings. The molecule has 94 valence electrons. The van der Waals surface area contributed by atoms with E-state index in [9.17, 15) is 13.6 Å². The first-order valence-corrected chi connectivity index (χ1v) is 6.37. The smallest absolute Gasteiger partial charge is 0.248 e. The Morgan fingerprint density at radius 3 is 2.82 bits per heavy atom. The number of nitrogens with one attached hydrogen (secondary N) is 1. The average molecular weight is 261 g/mol. The zero-order chi connectivity index (χ0) is 12.3. The van der Waals surface area contributed by atoms with Crippen LogP contribution in [0.1, 0.15) is 32.1 Å². The molecule has 0 bridgehead atoms. The van der Waals surface area contributed by atoms with Gasteiger partial charge in [0.15, 0.2) is 0 Å². The molecule has 1 aliphatic carbocycles. The molecule has 0 radical (unpaired) electrons. The highest BCUT2D eigenvalue weighted by molar-refractivity contribution is 7.13. The topological polar surface area (TPSA) is 54.9 Å². The molecule has 0 aliphatic heterocycles. The Bertz CT molecular complexity index is 373. The third-order valence-electron chi connectivity index (χ3n) is 2.92. The number of halogens is 2. The molecule has 1 fully saturated rings. The summed E-state index contributed by atoms with van der Waals surface area (Å²) in [6.07, 6.45) is 0.899. The van der Waals surface area contributed by atoms with Gasteiger partial charge >= 0.3 is 0 Å². The van der Waals surface area contributed by atoms with E-state index < -0.39 is 5.92 Å². The molecule has 4 nitrogen and oxygen atoms in total. The van der Waals surface area contributed by atoms with Crippen molar-refractivity contribution in [2.75, 3.05) is 5.32 Å². The van der Waals surface area contributed by atoms with Crippen molar-refractivity contribution in [3.63, 3.8) is 0 Å². The van der Waals surface area contributed by atoms with E-state index >= 15 is 0 Å². The van der Waals surface area contributed by atoms with E-state index in [0.717, 1.165) is 0 Å². The van der Waals surface area contributed by atoms with Gasteiger partial charge in [-0.1, -0.05) is 11.3 Å². The third kappa shape index (κ3) is 3.69. The highest BCUT2D eigenvalue weighted by Gasteiger charge is 2.35. The van der Waals surface area contributed by atoms with Crippen molar-refractivity contribution in [3.8, 4) is 0 Å². The van der Waals surface area contributed by atoms with Gasteiger partial charge in [-0.25, -0.2) is 8.78 Å². The Hall–Kier alpha value is -1.11. The van der Waals surface area contributed by atoms with E-state index in [2.05, 4.69) is 15.5 Å². The van der Waals surface area contributed by atoms with Crippen molar-refractivity contribution in [2.45, 2.75) is 38.0 Å². The van der Waals surface area contributed by atoms with E-state index in [0.29, 0.717) is 18.0 Å². The van der Waals surface area contributed by atoms with Crippen molar-refractivity contribution >= 4 is 22.4 Å². The Labute approximate surface area is 101 Å². The number of aromatic nitrogens is 2. The molecule has 0 saturated heterocycles. The molecule has 1 N–H and O–H groups in total. The van der Waals surface area contributed by atoms with Crippen LogP contribution in [0.2, 0.25) is 0 Å². The minimum absolute atomic E-state index is 0.0579. The Morgan fingerprint density at radius 1 is 1.53 bits per heavy atom. The normalized spacial score (nSPS) is 20.1. The third-order valence-corrected chi connectivity index (χ3v) is 3.52. The maximum Gasteiger partial charge on any atom is 0.248 e. The predicted molar refractivity (Wildman–Crippen MR) is 60.1 cm³/mol. The Kier molecular flexibility index (Phi) is 3.66. The van der Waals surface area contributed by atoms with Crippen LogP contribution < -0.4 is 5.32 Å². The van der Waals surface area contributed by atoms with Gasteiger partial charge in [-0.15, -0.1) is 10.2 Å². The first kappa shape index (κ1) is 12.3. The van der Waals surface area contributed by atoms with Crippen LogP contribution >= 0.6 is 11.3 Å². The zero-order valence-electron chi connectivity index (χ0n) is 9.16. The summed E-state index contributed by atoms with van der Waals surface area (Å²) in [6, 6.07) is 0. The number of hydrogen-bond acceptors (Lipinski definition) is 4. The van der Waals surface area contributed by atoms with Crippen LogP contribution in [0.25, 0.3) is 0 Å². The number of carbonyl (C=O) groups excluding carboxylic acids is 1. The molecular formula is C10H13F2N3OS. The van der Waals surface area contributed by atoms with Crippen molar-refractivity contribution in [1.82, 2.24) is 10.2 Å². The van der Waals surface area contributed by atoms with Gasteiger partial charge in [0, 0.05) is 19.3 Å². The summed E-state index contributed by atoms with van der Waals surface area (Å²) in [4.78, 5) is 11.6. The van der Waals surface area contributed by atoms with Crippen LogP contribution in [0.3, 0.4) is 0 Å². The summed E-state index contributed by atoms with van der Waals surface area (Å²) in [5.74, 6) is -2.65. The Balaban J connectivity index is 1.76. The molecule has 1 aromatic heterocycles. The minimum Gasteiger partial charge on any atom is -0.301 e. The number of hydrogen-bond donors (Lipinski definition) is 1. The fraction of sp³-hybridized carbons (Fsp3) is 0.700. The van der Waals surface area contributed by atoms with Crippen LogP contribution in [-0.2, 0) is 4.79 Å². The van der Waals surface area contributed by atoms with Crippen molar-refractivity contribution < 1.29 is 13.6 Å². The zero-order valence-corrected chi connectivity index (χ0v) is 9.97. The fourth-order valence-corrected chi connectivity index (χ4v) is 2.43. The highest BCUT2D eigenvalue weighted by atomic mass is 32.1. The lowest BCUT2D eigenvalue weighted by molar-refractivity contribution is -0.118. The predicted octanol–water partition coefficient (Wildman–Crippen LogP) is 2.69. The molecule has 1 amide bonds. The molecule has 1 heterocycles. The molecule has 0 unspecified atom stereocenters. The quantitative estimate of drug-likeness (QED) is 0.910. The second kappa shape index (κ2) is 5.03. The van der Waals surface area contributed by atoms with Gasteiger partial charge in [0.2, 0.25) is 17.0 Å². The minimum atomic E-state index is -2.54. The molecule has 0 spiro atoms. The van der Waals surface area contributed by atoms with E-state index in [1.807, 2.05) is 0 Å². The van der Waals surface area contributed by atoms with E-state index in [1.54, 1.807) is 0 Å². The second-order valence-corrected chi connectivity index (χ2v) is 5.13. The van der Waals surface area contributed by atoms with Crippen molar-refractivity contribution in [2.24, 2.45) is 5.92 Å². The van der Waals surface area contributed by atoms with Crippen LogP contribution in [0.15, 0.2) is 5.51 Å². The van der Waals surface area contributed by atoms with Crippen molar-refractivity contribution in [3.05, 3.63) is 5.51 Å². The van der Waals surface area contributed by atoms with Gasteiger partial charge < -0.3 is 5.32 Å². The summed E-state index contributed by atoms with van der Waals surface area (Å²) < 4.78 is 25.8. The standard InChI is InChI=1S/C10H13F2N3OS/c11-10(12)3-1-7(2-4-10)5-8(16)14-9-15-13-6-17-9/h6-7H,1-5H2,(H,14,15,16).